The first-order valence-electron chi connectivity index (χ1n) is 13.4. The van der Waals surface area contributed by atoms with Gasteiger partial charge in [0.1, 0.15) is 5.76 Å². The molecule has 1 heterocycles. The molecule has 0 aliphatic heterocycles. The maximum atomic E-state index is 13.3. The van der Waals surface area contributed by atoms with Gasteiger partial charge in [-0.05, 0) is 55.5 Å². The van der Waals surface area contributed by atoms with Crippen LogP contribution in [0.4, 0.5) is 0 Å². The number of nitrogens with zero attached hydrogens (tertiary/aromatic N) is 1. The predicted octanol–water partition coefficient (Wildman–Crippen LogP) is 4.01. The van der Waals surface area contributed by atoms with Gasteiger partial charge in [-0.25, -0.2) is 0 Å². The van der Waals surface area contributed by atoms with E-state index in [1.165, 1.54) is 0 Å². The van der Waals surface area contributed by atoms with Gasteiger partial charge in [-0.15, -0.1) is 0 Å². The molecule has 37 heavy (non-hydrogen) atoms. The minimum Gasteiger partial charge on any atom is -0.469 e. The number of hydrogen-bond acceptors (Lipinski definition) is 5. The Balaban J connectivity index is 2.16. The molecule has 3 amide bonds. The highest BCUT2D eigenvalue weighted by molar-refractivity contribution is 5.99. The summed E-state index contributed by atoms with van der Waals surface area (Å²) in [7, 11) is 0. The summed E-state index contributed by atoms with van der Waals surface area (Å²) in [5.41, 5.74) is 7.41. The molecule has 0 saturated heterocycles. The van der Waals surface area contributed by atoms with E-state index in [1.807, 2.05) is 45.6 Å². The quantitative estimate of drug-likeness (QED) is 0.333. The highest BCUT2D eigenvalue weighted by Gasteiger charge is 2.26. The van der Waals surface area contributed by atoms with Crippen molar-refractivity contribution in [2.75, 3.05) is 19.6 Å². The standard InChI is InChI=1S/C29H44N4O4/c1-6-13-33(14-7-2)29(36)23-11-8-10-22(17-23)28(35)32-26(18-24-12-9-15-37-24)25(30)16-21(5)27(34)31-19-20(3)4/h8-12,15,17,20-21,25-26H,6-7,13-14,16,18-19,30H2,1-5H3,(H,31,34)(H,32,35)/t21-,25+,26+/m1/s1. The van der Waals surface area contributed by atoms with Gasteiger partial charge in [-0.3, -0.25) is 14.4 Å². The number of furan rings is 1. The van der Waals surface area contributed by atoms with Crippen molar-refractivity contribution >= 4 is 17.7 Å². The summed E-state index contributed by atoms with van der Waals surface area (Å²) in [4.78, 5) is 40.7. The van der Waals surface area contributed by atoms with E-state index in [4.69, 9.17) is 10.2 Å². The van der Waals surface area contributed by atoms with Crippen LogP contribution in [0.2, 0.25) is 0 Å². The van der Waals surface area contributed by atoms with Crippen molar-refractivity contribution in [1.82, 2.24) is 15.5 Å². The Morgan fingerprint density at radius 2 is 1.68 bits per heavy atom. The normalized spacial score (nSPS) is 13.6. The SMILES string of the molecule is CCCN(CCC)C(=O)c1cccc(C(=O)N[C@@H](Cc2ccco2)[C@@H](N)C[C@@H](C)C(=O)NCC(C)C)c1. The molecule has 0 bridgehead atoms. The van der Waals surface area contributed by atoms with Gasteiger partial charge in [0.05, 0.1) is 12.3 Å². The van der Waals surface area contributed by atoms with Crippen molar-refractivity contribution in [3.8, 4) is 0 Å². The lowest BCUT2D eigenvalue weighted by Crippen LogP contribution is -2.50. The largest absolute Gasteiger partial charge is 0.469 e. The van der Waals surface area contributed by atoms with Gasteiger partial charge in [-0.2, -0.15) is 0 Å². The zero-order chi connectivity index (χ0) is 27.4. The van der Waals surface area contributed by atoms with Crippen molar-refractivity contribution in [1.29, 1.82) is 0 Å². The van der Waals surface area contributed by atoms with Gasteiger partial charge >= 0.3 is 0 Å². The third kappa shape index (κ3) is 9.69. The highest BCUT2D eigenvalue weighted by atomic mass is 16.3. The van der Waals surface area contributed by atoms with Gasteiger partial charge in [0.25, 0.3) is 11.8 Å². The Labute approximate surface area is 221 Å². The van der Waals surface area contributed by atoms with Crippen LogP contribution in [0, 0.1) is 11.8 Å². The Hall–Kier alpha value is -3.13. The monoisotopic (exact) mass is 512 g/mol. The molecule has 1 aromatic carbocycles. The summed E-state index contributed by atoms with van der Waals surface area (Å²) in [5.74, 6) is 0.279. The van der Waals surface area contributed by atoms with Gasteiger partial charge < -0.3 is 25.7 Å². The molecule has 0 fully saturated rings. The van der Waals surface area contributed by atoms with Gasteiger partial charge in [0, 0.05) is 49.1 Å². The maximum absolute atomic E-state index is 13.3. The topological polar surface area (TPSA) is 118 Å². The fourth-order valence-corrected chi connectivity index (χ4v) is 4.20. The predicted molar refractivity (Wildman–Crippen MR) is 146 cm³/mol. The molecule has 0 unspecified atom stereocenters. The molecule has 2 rings (SSSR count). The average Bonchev–Trinajstić information content (AvgIpc) is 3.39. The van der Waals surface area contributed by atoms with Crippen LogP contribution >= 0.6 is 0 Å². The minimum atomic E-state index is -0.483. The van der Waals surface area contributed by atoms with Crippen LogP contribution in [0.1, 0.15) is 80.4 Å². The zero-order valence-electron chi connectivity index (χ0n) is 23.0. The second kappa shape index (κ2) is 15.2. The number of benzene rings is 1. The molecule has 0 aliphatic carbocycles. The van der Waals surface area contributed by atoms with Crippen LogP contribution in [0.3, 0.4) is 0 Å². The van der Waals surface area contributed by atoms with Crippen LogP contribution < -0.4 is 16.4 Å². The fraction of sp³-hybridized carbons (Fsp3) is 0.552. The molecule has 0 radical (unpaired) electrons. The number of rotatable bonds is 15. The van der Waals surface area contributed by atoms with Crippen molar-refractivity contribution in [3.63, 3.8) is 0 Å². The summed E-state index contributed by atoms with van der Waals surface area (Å²) in [6.07, 6.45) is 4.10. The van der Waals surface area contributed by atoms with Crippen LogP contribution in [-0.4, -0.2) is 54.3 Å². The molecule has 8 nitrogen and oxygen atoms in total. The molecule has 0 aliphatic rings. The molecule has 8 heteroatoms. The molecular formula is C29H44N4O4. The second-order valence-electron chi connectivity index (χ2n) is 10.2. The Bertz CT molecular complexity index is 984. The lowest BCUT2D eigenvalue weighted by molar-refractivity contribution is -0.125. The summed E-state index contributed by atoms with van der Waals surface area (Å²) in [5, 5.41) is 5.98. The Morgan fingerprint density at radius 3 is 2.27 bits per heavy atom. The van der Waals surface area contributed by atoms with E-state index >= 15 is 0 Å². The van der Waals surface area contributed by atoms with Crippen molar-refractivity contribution in [2.45, 2.75) is 72.4 Å². The van der Waals surface area contributed by atoms with Crippen molar-refractivity contribution in [3.05, 3.63) is 59.5 Å². The van der Waals surface area contributed by atoms with Crippen LogP contribution in [0.15, 0.2) is 47.1 Å². The van der Waals surface area contributed by atoms with E-state index in [9.17, 15) is 14.4 Å². The number of carbonyl (C=O) groups excluding carboxylic acids is 3. The van der Waals surface area contributed by atoms with Crippen LogP contribution in [0.25, 0.3) is 0 Å². The molecule has 3 atom stereocenters. The van der Waals surface area contributed by atoms with Crippen LogP contribution in [-0.2, 0) is 11.2 Å². The molecule has 0 spiro atoms. The Morgan fingerprint density at radius 1 is 1.00 bits per heavy atom. The lowest BCUT2D eigenvalue weighted by atomic mass is 9.93. The number of nitrogens with one attached hydrogen (secondary N) is 2. The van der Waals surface area contributed by atoms with Gasteiger partial charge in [0.15, 0.2) is 0 Å². The fourth-order valence-electron chi connectivity index (χ4n) is 4.20. The molecule has 4 N–H and O–H groups in total. The van der Waals surface area contributed by atoms with Crippen molar-refractivity contribution in [2.24, 2.45) is 17.6 Å². The van der Waals surface area contributed by atoms with Gasteiger partial charge in [0.2, 0.25) is 5.91 Å². The van der Waals surface area contributed by atoms with E-state index in [1.54, 1.807) is 36.6 Å². The maximum Gasteiger partial charge on any atom is 0.253 e. The van der Waals surface area contributed by atoms with E-state index in [0.29, 0.717) is 55.3 Å². The second-order valence-corrected chi connectivity index (χ2v) is 10.2. The van der Waals surface area contributed by atoms with E-state index in [-0.39, 0.29) is 23.6 Å². The number of hydrogen-bond donors (Lipinski definition) is 3. The highest BCUT2D eigenvalue weighted by Crippen LogP contribution is 2.15. The molecule has 0 saturated carbocycles. The van der Waals surface area contributed by atoms with E-state index < -0.39 is 12.1 Å². The Kier molecular flexibility index (Phi) is 12.4. The minimum absolute atomic E-state index is 0.0536. The molecule has 2 aromatic rings. The third-order valence-electron chi connectivity index (χ3n) is 6.24. The summed E-state index contributed by atoms with van der Waals surface area (Å²) < 4.78 is 5.51. The number of nitrogens with two attached hydrogens (primary N) is 1. The first kappa shape index (κ1) is 30.1. The first-order valence-corrected chi connectivity index (χ1v) is 13.4. The van der Waals surface area contributed by atoms with E-state index in [0.717, 1.165) is 12.8 Å². The zero-order valence-corrected chi connectivity index (χ0v) is 23.0. The average molecular weight is 513 g/mol. The summed E-state index contributed by atoms with van der Waals surface area (Å²) in [6, 6.07) is 9.45. The summed E-state index contributed by atoms with van der Waals surface area (Å²) in [6.45, 7) is 12.0. The van der Waals surface area contributed by atoms with Crippen molar-refractivity contribution < 1.29 is 18.8 Å². The first-order chi connectivity index (χ1) is 17.7. The summed E-state index contributed by atoms with van der Waals surface area (Å²) >= 11 is 0. The molecular weight excluding hydrogens is 468 g/mol. The lowest BCUT2D eigenvalue weighted by Gasteiger charge is -2.27. The van der Waals surface area contributed by atoms with Gasteiger partial charge in [-0.1, -0.05) is 40.7 Å². The molecule has 1 aromatic heterocycles. The smallest absolute Gasteiger partial charge is 0.253 e. The third-order valence-corrected chi connectivity index (χ3v) is 6.24. The molecule has 204 valence electrons. The number of amides is 3. The van der Waals surface area contributed by atoms with E-state index in [2.05, 4.69) is 10.6 Å². The van der Waals surface area contributed by atoms with Crippen LogP contribution in [0.5, 0.6) is 0 Å². The number of carbonyl (C=O) groups is 3.